The summed E-state index contributed by atoms with van der Waals surface area (Å²) >= 11 is 3.54. The van der Waals surface area contributed by atoms with E-state index in [0.717, 1.165) is 15.9 Å². The Morgan fingerprint density at radius 2 is 2.05 bits per heavy atom. The lowest BCUT2D eigenvalue weighted by Crippen LogP contribution is -2.30. The maximum atomic E-state index is 6.26. The number of hydrogen-bond acceptors (Lipinski definition) is 4. The molecule has 1 saturated carbocycles. The Morgan fingerprint density at radius 1 is 1.29 bits per heavy atom. The van der Waals surface area contributed by atoms with E-state index in [4.69, 9.17) is 10.3 Å². The normalized spacial score (nSPS) is 17.2. The first kappa shape index (κ1) is 14.7. The van der Waals surface area contributed by atoms with Crippen LogP contribution in [0.3, 0.4) is 0 Å². The number of aromatic nitrogens is 2. The molecule has 1 aliphatic carbocycles. The Balaban J connectivity index is 1.62. The summed E-state index contributed by atoms with van der Waals surface area (Å²) in [5.41, 5.74) is 7.42. The van der Waals surface area contributed by atoms with Gasteiger partial charge in [0.15, 0.2) is 5.82 Å². The van der Waals surface area contributed by atoms with Crippen molar-refractivity contribution < 1.29 is 4.52 Å². The summed E-state index contributed by atoms with van der Waals surface area (Å²) < 4.78 is 6.42. The van der Waals surface area contributed by atoms with Gasteiger partial charge in [0.25, 0.3) is 0 Å². The van der Waals surface area contributed by atoms with Gasteiger partial charge in [0, 0.05) is 23.4 Å². The van der Waals surface area contributed by atoms with Crippen LogP contribution in [0.4, 0.5) is 0 Å². The van der Waals surface area contributed by atoms with Gasteiger partial charge in [-0.15, -0.1) is 0 Å². The predicted octanol–water partition coefficient (Wildman–Crippen LogP) is 3.48. The number of benzene rings is 1. The van der Waals surface area contributed by atoms with Crippen LogP contribution in [0.1, 0.15) is 43.0 Å². The summed E-state index contributed by atoms with van der Waals surface area (Å²) in [6.45, 7) is 0. The van der Waals surface area contributed by atoms with Crippen molar-refractivity contribution in [2.45, 2.75) is 44.6 Å². The maximum absolute atomic E-state index is 6.26. The molecule has 21 heavy (non-hydrogen) atoms. The molecular formula is C16H20BrN3O. The van der Waals surface area contributed by atoms with Crippen molar-refractivity contribution >= 4 is 15.9 Å². The second-order valence-corrected chi connectivity index (χ2v) is 6.64. The number of rotatable bonds is 5. The first-order chi connectivity index (χ1) is 10.2. The molecule has 2 aromatic rings. The minimum absolute atomic E-state index is 0.143. The average molecular weight is 350 g/mol. The summed E-state index contributed by atoms with van der Waals surface area (Å²) in [6, 6.07) is 8.23. The van der Waals surface area contributed by atoms with Crippen molar-refractivity contribution in [3.63, 3.8) is 0 Å². The molecule has 4 nitrogen and oxygen atoms in total. The van der Waals surface area contributed by atoms with Crippen molar-refractivity contribution in [3.8, 4) is 0 Å². The van der Waals surface area contributed by atoms with Gasteiger partial charge in [-0.1, -0.05) is 52.1 Å². The van der Waals surface area contributed by atoms with Gasteiger partial charge < -0.3 is 10.3 Å². The third-order valence-electron chi connectivity index (χ3n) is 4.23. The van der Waals surface area contributed by atoms with Crippen molar-refractivity contribution in [1.82, 2.24) is 10.1 Å². The highest BCUT2D eigenvalue weighted by Gasteiger charge is 2.24. The van der Waals surface area contributed by atoms with E-state index in [1.54, 1.807) is 0 Å². The van der Waals surface area contributed by atoms with Crippen LogP contribution in [0.5, 0.6) is 0 Å². The summed E-state index contributed by atoms with van der Waals surface area (Å²) in [4.78, 5) is 4.48. The van der Waals surface area contributed by atoms with Crippen molar-refractivity contribution in [1.29, 1.82) is 0 Å². The predicted molar refractivity (Wildman–Crippen MR) is 84.9 cm³/mol. The van der Waals surface area contributed by atoms with Crippen LogP contribution in [0.25, 0.3) is 0 Å². The lowest BCUT2D eigenvalue weighted by Gasteiger charge is -2.16. The van der Waals surface area contributed by atoms with Crippen molar-refractivity contribution in [3.05, 3.63) is 46.0 Å². The molecular weight excluding hydrogens is 330 g/mol. The molecule has 1 fully saturated rings. The van der Waals surface area contributed by atoms with Gasteiger partial charge in [-0.3, -0.25) is 0 Å². The molecule has 1 aromatic heterocycles. The molecule has 0 spiro atoms. The monoisotopic (exact) mass is 349 g/mol. The molecule has 0 saturated heterocycles. The summed E-state index contributed by atoms with van der Waals surface area (Å²) in [5.74, 6) is 2.00. The van der Waals surface area contributed by atoms with Gasteiger partial charge in [0.1, 0.15) is 0 Å². The lowest BCUT2D eigenvalue weighted by atomic mass is 9.96. The second-order valence-electron chi connectivity index (χ2n) is 5.79. The first-order valence-corrected chi connectivity index (χ1v) is 8.32. The van der Waals surface area contributed by atoms with E-state index in [2.05, 4.69) is 32.1 Å². The summed E-state index contributed by atoms with van der Waals surface area (Å²) in [7, 11) is 0. The third kappa shape index (κ3) is 3.71. The molecule has 1 atom stereocenters. The fraction of sp³-hybridized carbons (Fsp3) is 0.500. The summed E-state index contributed by atoms with van der Waals surface area (Å²) in [6.07, 6.45) is 6.43. The molecule has 1 unspecified atom stereocenters. The third-order valence-corrected chi connectivity index (χ3v) is 5.01. The molecule has 112 valence electrons. The van der Waals surface area contributed by atoms with E-state index in [1.807, 2.05) is 18.2 Å². The van der Waals surface area contributed by atoms with E-state index < -0.39 is 0 Å². The standard InChI is InChI=1S/C16H20BrN3O/c17-13-8-4-3-7-12(13)9-15-19-16(21-20-15)10-14(18)11-5-1-2-6-11/h3-4,7-8,11,14H,1-2,5-6,9-10,18H2. The molecule has 1 aliphatic rings. The summed E-state index contributed by atoms with van der Waals surface area (Å²) in [5, 5.41) is 4.07. The SMILES string of the molecule is NC(Cc1nc(Cc2ccccc2Br)no1)C1CCCC1. The van der Waals surface area contributed by atoms with Crippen LogP contribution in [-0.4, -0.2) is 16.2 Å². The van der Waals surface area contributed by atoms with Gasteiger partial charge in [0.05, 0.1) is 0 Å². The highest BCUT2D eigenvalue weighted by atomic mass is 79.9. The van der Waals surface area contributed by atoms with Crippen molar-refractivity contribution in [2.24, 2.45) is 11.7 Å². The van der Waals surface area contributed by atoms with Gasteiger partial charge in [-0.25, -0.2) is 0 Å². The van der Waals surface area contributed by atoms with E-state index in [9.17, 15) is 0 Å². The van der Waals surface area contributed by atoms with Crippen LogP contribution in [0, 0.1) is 5.92 Å². The zero-order chi connectivity index (χ0) is 14.7. The van der Waals surface area contributed by atoms with E-state index in [1.165, 1.54) is 25.7 Å². The highest BCUT2D eigenvalue weighted by molar-refractivity contribution is 9.10. The molecule has 0 amide bonds. The molecule has 3 rings (SSSR count). The quantitative estimate of drug-likeness (QED) is 0.897. The van der Waals surface area contributed by atoms with Gasteiger partial charge in [0.2, 0.25) is 5.89 Å². The van der Waals surface area contributed by atoms with E-state index in [0.29, 0.717) is 24.7 Å². The molecule has 0 aliphatic heterocycles. The largest absolute Gasteiger partial charge is 0.339 e. The number of halogens is 1. The molecule has 1 aromatic carbocycles. The number of nitrogens with zero attached hydrogens (tertiary/aromatic N) is 2. The zero-order valence-corrected chi connectivity index (χ0v) is 13.6. The van der Waals surface area contributed by atoms with E-state index in [-0.39, 0.29) is 6.04 Å². The average Bonchev–Trinajstić information content (AvgIpc) is 3.13. The smallest absolute Gasteiger partial charge is 0.228 e. The minimum Gasteiger partial charge on any atom is -0.339 e. The molecule has 5 heteroatoms. The fourth-order valence-corrected chi connectivity index (χ4v) is 3.44. The fourth-order valence-electron chi connectivity index (χ4n) is 3.01. The van der Waals surface area contributed by atoms with Crippen LogP contribution < -0.4 is 5.73 Å². The Morgan fingerprint density at radius 3 is 2.81 bits per heavy atom. The number of hydrogen-bond donors (Lipinski definition) is 1. The minimum atomic E-state index is 0.143. The molecule has 0 bridgehead atoms. The zero-order valence-electron chi connectivity index (χ0n) is 12.0. The Hall–Kier alpha value is -1.20. The Labute approximate surface area is 133 Å². The lowest BCUT2D eigenvalue weighted by molar-refractivity contribution is 0.339. The van der Waals surface area contributed by atoms with Crippen LogP contribution in [-0.2, 0) is 12.8 Å². The molecule has 2 N–H and O–H groups in total. The van der Waals surface area contributed by atoms with Gasteiger partial charge >= 0.3 is 0 Å². The Bertz CT molecular complexity index is 593. The maximum Gasteiger partial charge on any atom is 0.228 e. The van der Waals surface area contributed by atoms with Gasteiger partial charge in [-0.2, -0.15) is 4.98 Å². The van der Waals surface area contributed by atoms with Crippen LogP contribution >= 0.6 is 15.9 Å². The van der Waals surface area contributed by atoms with Crippen molar-refractivity contribution in [2.75, 3.05) is 0 Å². The highest BCUT2D eigenvalue weighted by Crippen LogP contribution is 2.28. The first-order valence-electron chi connectivity index (χ1n) is 7.53. The van der Waals surface area contributed by atoms with Crippen LogP contribution in [0.2, 0.25) is 0 Å². The Kier molecular flexibility index (Phi) is 4.70. The van der Waals surface area contributed by atoms with E-state index >= 15 is 0 Å². The number of nitrogens with two attached hydrogens (primary N) is 1. The molecule has 1 heterocycles. The van der Waals surface area contributed by atoms with Crippen LogP contribution in [0.15, 0.2) is 33.3 Å². The topological polar surface area (TPSA) is 64.9 Å². The van der Waals surface area contributed by atoms with Gasteiger partial charge in [-0.05, 0) is 30.4 Å². The molecule has 0 radical (unpaired) electrons. The second kappa shape index (κ2) is 6.71.